The van der Waals surface area contributed by atoms with Crippen LogP contribution in [0.1, 0.15) is 35.2 Å². The van der Waals surface area contributed by atoms with Crippen molar-refractivity contribution in [3.63, 3.8) is 0 Å². The van der Waals surface area contributed by atoms with Crippen molar-refractivity contribution in [2.24, 2.45) is 0 Å². The van der Waals surface area contributed by atoms with E-state index < -0.39 is 7.52 Å². The molecule has 2 unspecified atom stereocenters. The number of hydrogen-bond donors (Lipinski definition) is 1. The summed E-state index contributed by atoms with van der Waals surface area (Å²) in [4.78, 5) is 0. The molecular formula is C19H20NO2P. The Bertz CT molecular complexity index is 813. The van der Waals surface area contributed by atoms with Crippen molar-refractivity contribution < 1.29 is 9.09 Å². The van der Waals surface area contributed by atoms with Gasteiger partial charge in [-0.3, -0.25) is 4.57 Å². The van der Waals surface area contributed by atoms with Crippen LogP contribution in [-0.4, -0.2) is 7.05 Å². The largest absolute Gasteiger partial charge is 0.431 e. The molecule has 0 amide bonds. The summed E-state index contributed by atoms with van der Waals surface area (Å²) in [7, 11) is -1.26. The third-order valence-electron chi connectivity index (χ3n) is 4.77. The maximum atomic E-state index is 13.4. The molecule has 1 aliphatic heterocycles. The molecular weight excluding hydrogens is 305 g/mol. The highest BCUT2D eigenvalue weighted by Crippen LogP contribution is 2.69. The Morgan fingerprint density at radius 2 is 1.78 bits per heavy atom. The molecule has 4 heteroatoms. The van der Waals surface area contributed by atoms with Crippen molar-refractivity contribution >= 4 is 13.3 Å². The monoisotopic (exact) mass is 325 g/mol. The first-order valence-corrected chi connectivity index (χ1v) is 9.77. The fourth-order valence-corrected chi connectivity index (χ4v) is 5.85. The van der Waals surface area contributed by atoms with Gasteiger partial charge >= 0.3 is 7.52 Å². The van der Waals surface area contributed by atoms with Gasteiger partial charge in [-0.25, -0.2) is 5.09 Å². The van der Waals surface area contributed by atoms with Gasteiger partial charge in [-0.05, 0) is 43.0 Å². The third kappa shape index (κ3) is 2.36. The molecule has 2 aromatic carbocycles. The summed E-state index contributed by atoms with van der Waals surface area (Å²) in [5.74, 6) is 0.838. The molecule has 2 atom stereocenters. The molecule has 0 radical (unpaired) electrons. The van der Waals surface area contributed by atoms with Gasteiger partial charge in [0.05, 0.1) is 0 Å². The first kappa shape index (κ1) is 14.7. The number of rotatable bonds is 2. The van der Waals surface area contributed by atoms with Crippen LogP contribution in [0.5, 0.6) is 0 Å². The maximum absolute atomic E-state index is 13.4. The van der Waals surface area contributed by atoms with Gasteiger partial charge in [-0.15, -0.1) is 0 Å². The van der Waals surface area contributed by atoms with Gasteiger partial charge in [0.15, 0.2) is 0 Å². The van der Waals surface area contributed by atoms with Crippen molar-refractivity contribution in [1.29, 1.82) is 0 Å². The van der Waals surface area contributed by atoms with E-state index >= 15 is 0 Å². The summed E-state index contributed by atoms with van der Waals surface area (Å²) in [6.45, 7) is 0. The van der Waals surface area contributed by atoms with Crippen molar-refractivity contribution in [2.45, 2.75) is 24.9 Å². The first-order chi connectivity index (χ1) is 11.2. The summed E-state index contributed by atoms with van der Waals surface area (Å²) in [5, 5.41) is 2.99. The van der Waals surface area contributed by atoms with Gasteiger partial charge in [0.1, 0.15) is 11.4 Å². The molecule has 118 valence electrons. The smallest absolute Gasteiger partial charge is 0.327 e. The van der Waals surface area contributed by atoms with Crippen LogP contribution in [0.15, 0.2) is 60.2 Å². The third-order valence-corrected chi connectivity index (χ3v) is 7.14. The Morgan fingerprint density at radius 1 is 1.04 bits per heavy atom. The first-order valence-electron chi connectivity index (χ1n) is 8.07. The van der Waals surface area contributed by atoms with Crippen LogP contribution < -0.4 is 5.09 Å². The summed E-state index contributed by atoms with van der Waals surface area (Å²) in [6, 6.07) is 18.4. The second-order valence-corrected chi connectivity index (χ2v) is 8.43. The molecule has 4 rings (SSSR count). The topological polar surface area (TPSA) is 38.3 Å². The molecule has 0 aromatic heterocycles. The number of hydrogen-bond acceptors (Lipinski definition) is 2. The van der Waals surface area contributed by atoms with Gasteiger partial charge in [0.25, 0.3) is 0 Å². The molecule has 1 aliphatic carbocycles. The molecule has 0 saturated heterocycles. The average molecular weight is 325 g/mol. The van der Waals surface area contributed by atoms with E-state index in [0.29, 0.717) is 0 Å². The summed E-state index contributed by atoms with van der Waals surface area (Å²) in [5.41, 5.74) is 4.45. The normalized spacial score (nSPS) is 26.2. The highest BCUT2D eigenvalue weighted by Gasteiger charge is 2.47. The number of allylic oxidation sites excluding steroid dienone is 1. The zero-order chi connectivity index (χ0) is 15.9. The van der Waals surface area contributed by atoms with E-state index in [1.54, 1.807) is 7.05 Å². The maximum Gasteiger partial charge on any atom is 0.327 e. The van der Waals surface area contributed by atoms with Gasteiger partial charge in [0, 0.05) is 5.56 Å². The second kappa shape index (κ2) is 5.67. The molecule has 1 N–H and O–H groups in total. The number of benzene rings is 2. The minimum atomic E-state index is -2.99. The Kier molecular flexibility index (Phi) is 3.63. The standard InChI is InChI=1S/C19H20NO2P/c1-20-23(21)19(15-9-3-2-4-10-15)17-13-7-11-14-8-5-6-12-16(14)18(17)22-23/h2-6,8-10,12,19H,7,11,13H2,1H3,(H,20,21). The molecule has 0 fully saturated rings. The van der Waals surface area contributed by atoms with E-state index in [2.05, 4.69) is 23.3 Å². The Hall–Kier alpha value is -1.83. The Labute approximate surface area is 136 Å². The SMILES string of the molecule is CNP1(=O)OC2=C(CCCc3ccccc32)C1c1ccccc1. The lowest BCUT2D eigenvalue weighted by atomic mass is 9.98. The quantitative estimate of drug-likeness (QED) is 0.797. The molecule has 2 aliphatic rings. The molecule has 0 saturated carbocycles. The minimum Gasteiger partial charge on any atom is -0.431 e. The zero-order valence-corrected chi connectivity index (χ0v) is 14.1. The zero-order valence-electron chi connectivity index (χ0n) is 13.2. The van der Waals surface area contributed by atoms with E-state index in [4.69, 9.17) is 4.52 Å². The predicted octanol–water partition coefficient (Wildman–Crippen LogP) is 4.92. The van der Waals surface area contributed by atoms with Crippen molar-refractivity contribution in [2.75, 3.05) is 7.05 Å². The average Bonchev–Trinajstić information content (AvgIpc) is 2.78. The fourth-order valence-electron chi connectivity index (χ4n) is 3.69. The highest BCUT2D eigenvalue weighted by atomic mass is 31.2. The van der Waals surface area contributed by atoms with E-state index in [0.717, 1.165) is 36.1 Å². The lowest BCUT2D eigenvalue weighted by molar-refractivity contribution is 0.457. The van der Waals surface area contributed by atoms with Crippen molar-refractivity contribution in [1.82, 2.24) is 5.09 Å². The van der Waals surface area contributed by atoms with Crippen LogP contribution in [0.25, 0.3) is 5.76 Å². The fraction of sp³-hybridized carbons (Fsp3) is 0.263. The van der Waals surface area contributed by atoms with Gasteiger partial charge < -0.3 is 4.52 Å². The van der Waals surface area contributed by atoms with Crippen molar-refractivity contribution in [3.05, 3.63) is 76.9 Å². The Morgan fingerprint density at radius 3 is 2.57 bits per heavy atom. The molecule has 3 nitrogen and oxygen atoms in total. The lowest BCUT2D eigenvalue weighted by Crippen LogP contribution is -2.10. The van der Waals surface area contributed by atoms with Crippen LogP contribution in [0.4, 0.5) is 0 Å². The highest BCUT2D eigenvalue weighted by molar-refractivity contribution is 7.58. The molecule has 2 aromatic rings. The van der Waals surface area contributed by atoms with Crippen LogP contribution in [-0.2, 0) is 15.5 Å². The predicted molar refractivity (Wildman–Crippen MR) is 93.2 cm³/mol. The van der Waals surface area contributed by atoms with E-state index in [1.807, 2.05) is 36.4 Å². The molecule has 0 spiro atoms. The molecule has 0 bridgehead atoms. The van der Waals surface area contributed by atoms with Crippen molar-refractivity contribution in [3.8, 4) is 0 Å². The van der Waals surface area contributed by atoms with Gasteiger partial charge in [0.2, 0.25) is 0 Å². The van der Waals surface area contributed by atoms with E-state index in [9.17, 15) is 4.57 Å². The van der Waals surface area contributed by atoms with E-state index in [1.165, 1.54) is 11.1 Å². The number of aryl methyl sites for hydroxylation is 1. The second-order valence-electron chi connectivity index (χ2n) is 6.09. The molecule has 1 heterocycles. The van der Waals surface area contributed by atoms with Crippen LogP contribution in [0.3, 0.4) is 0 Å². The number of fused-ring (bicyclic) bond motifs is 2. The van der Waals surface area contributed by atoms with Crippen LogP contribution >= 0.6 is 7.52 Å². The lowest BCUT2D eigenvalue weighted by Gasteiger charge is -2.21. The summed E-state index contributed by atoms with van der Waals surface area (Å²) in [6.07, 6.45) is 3.03. The Balaban J connectivity index is 1.91. The van der Waals surface area contributed by atoms with Crippen LogP contribution in [0, 0.1) is 0 Å². The van der Waals surface area contributed by atoms with E-state index in [-0.39, 0.29) is 5.66 Å². The number of nitrogens with one attached hydrogen (secondary N) is 1. The summed E-state index contributed by atoms with van der Waals surface area (Å²) < 4.78 is 19.5. The van der Waals surface area contributed by atoms with Crippen LogP contribution in [0.2, 0.25) is 0 Å². The van der Waals surface area contributed by atoms with Gasteiger partial charge in [-0.2, -0.15) is 0 Å². The van der Waals surface area contributed by atoms with Gasteiger partial charge in [-0.1, -0.05) is 54.6 Å². The minimum absolute atomic E-state index is 0.185. The molecule has 23 heavy (non-hydrogen) atoms. The summed E-state index contributed by atoms with van der Waals surface area (Å²) >= 11 is 0.